The Morgan fingerprint density at radius 3 is 2.72 bits per heavy atom. The van der Waals surface area contributed by atoms with E-state index < -0.39 is 0 Å². The van der Waals surface area contributed by atoms with Crippen LogP contribution < -0.4 is 15.6 Å². The third-order valence-corrected chi connectivity index (χ3v) is 3.52. The van der Waals surface area contributed by atoms with Crippen molar-refractivity contribution in [3.63, 3.8) is 0 Å². The summed E-state index contributed by atoms with van der Waals surface area (Å²) in [5.74, 6) is 0.412. The van der Waals surface area contributed by atoms with Crippen molar-refractivity contribution in [2.45, 2.75) is 37.8 Å². The van der Waals surface area contributed by atoms with E-state index in [-0.39, 0.29) is 18.0 Å². The molecule has 1 heterocycles. The number of rotatable bonds is 3. The molecule has 4 heteroatoms. The average Bonchev–Trinajstić information content (AvgIpc) is 3.01. The molecule has 2 aliphatic rings. The molecule has 1 aromatic rings. The normalized spacial score (nSPS) is 23.3. The molecule has 1 unspecified atom stereocenters. The van der Waals surface area contributed by atoms with Crippen molar-refractivity contribution in [3.05, 3.63) is 41.9 Å². The second-order valence-corrected chi connectivity index (χ2v) is 4.83. The molecule has 3 rings (SSSR count). The third kappa shape index (κ3) is 2.34. The van der Waals surface area contributed by atoms with Gasteiger partial charge < -0.3 is 10.2 Å². The van der Waals surface area contributed by atoms with Crippen LogP contribution in [-0.2, 0) is 0 Å². The zero-order chi connectivity index (χ0) is 12.4. The van der Waals surface area contributed by atoms with Crippen molar-refractivity contribution in [1.82, 2.24) is 10.9 Å². The zero-order valence-electron chi connectivity index (χ0n) is 10.2. The fourth-order valence-corrected chi connectivity index (χ4v) is 2.54. The smallest absolute Gasteiger partial charge is 0.132 e. The fourth-order valence-electron chi connectivity index (χ4n) is 2.54. The van der Waals surface area contributed by atoms with Gasteiger partial charge in [-0.3, -0.25) is 0 Å². The maximum absolute atomic E-state index is 14.0. The molecule has 1 aliphatic carbocycles. The molecule has 3 nitrogen and oxygen atoms in total. The maximum Gasteiger partial charge on any atom is 0.132 e. The fraction of sp³-hybridized carbons (Fsp3) is 0.429. The first-order valence-corrected chi connectivity index (χ1v) is 6.47. The van der Waals surface area contributed by atoms with Crippen LogP contribution in [0.5, 0.6) is 5.75 Å². The van der Waals surface area contributed by atoms with E-state index in [1.807, 2.05) is 12.1 Å². The van der Waals surface area contributed by atoms with Crippen molar-refractivity contribution in [1.29, 1.82) is 0 Å². The van der Waals surface area contributed by atoms with Gasteiger partial charge >= 0.3 is 0 Å². The first-order chi connectivity index (χ1) is 8.83. The van der Waals surface area contributed by atoms with Crippen molar-refractivity contribution in [2.24, 2.45) is 0 Å². The number of benzene rings is 1. The summed E-state index contributed by atoms with van der Waals surface area (Å²) in [6, 6.07) is 5.02. The quantitative estimate of drug-likeness (QED) is 0.863. The van der Waals surface area contributed by atoms with Crippen LogP contribution in [0.3, 0.4) is 0 Å². The van der Waals surface area contributed by atoms with Crippen LogP contribution in [0, 0.1) is 5.82 Å². The molecular weight excluding hydrogens is 231 g/mol. The third-order valence-electron chi connectivity index (χ3n) is 3.52. The van der Waals surface area contributed by atoms with Crippen LogP contribution in [-0.4, -0.2) is 6.10 Å². The highest BCUT2D eigenvalue weighted by molar-refractivity contribution is 5.33. The molecule has 1 saturated carbocycles. The molecule has 0 bridgehead atoms. The minimum atomic E-state index is -0.226. The van der Waals surface area contributed by atoms with Crippen LogP contribution in [0.25, 0.3) is 0 Å². The van der Waals surface area contributed by atoms with Crippen LogP contribution in [0.1, 0.15) is 37.3 Å². The lowest BCUT2D eigenvalue weighted by atomic mass is 10.1. The van der Waals surface area contributed by atoms with Gasteiger partial charge in [-0.05, 0) is 37.8 Å². The maximum atomic E-state index is 14.0. The molecule has 1 aromatic carbocycles. The van der Waals surface area contributed by atoms with Gasteiger partial charge in [0.2, 0.25) is 0 Å². The largest absolute Gasteiger partial charge is 0.490 e. The zero-order valence-corrected chi connectivity index (χ0v) is 10.2. The van der Waals surface area contributed by atoms with E-state index >= 15 is 0 Å². The monoisotopic (exact) mass is 248 g/mol. The van der Waals surface area contributed by atoms with Gasteiger partial charge in [-0.2, -0.15) is 0 Å². The Morgan fingerprint density at radius 2 is 2.06 bits per heavy atom. The standard InChI is InChI=1S/C14H17FN2O/c15-13-9-11(18-10-3-1-2-4-10)5-6-12(13)14-7-8-16-17-14/h5-10,14,16-17H,1-4H2. The summed E-state index contributed by atoms with van der Waals surface area (Å²) < 4.78 is 19.8. The highest BCUT2D eigenvalue weighted by Crippen LogP contribution is 2.27. The van der Waals surface area contributed by atoms with E-state index in [9.17, 15) is 4.39 Å². The molecule has 18 heavy (non-hydrogen) atoms. The molecule has 1 fully saturated rings. The van der Waals surface area contributed by atoms with E-state index in [0.29, 0.717) is 11.3 Å². The van der Waals surface area contributed by atoms with Crippen LogP contribution in [0.15, 0.2) is 30.5 Å². The molecule has 0 amide bonds. The van der Waals surface area contributed by atoms with Crippen LogP contribution >= 0.6 is 0 Å². The molecular formula is C14H17FN2O. The SMILES string of the molecule is Fc1cc(OC2CCCC2)ccc1C1C=CNN1. The highest BCUT2D eigenvalue weighted by Gasteiger charge is 2.19. The van der Waals surface area contributed by atoms with Gasteiger partial charge in [0.1, 0.15) is 11.6 Å². The van der Waals surface area contributed by atoms with Crippen molar-refractivity contribution in [2.75, 3.05) is 0 Å². The summed E-state index contributed by atoms with van der Waals surface area (Å²) in [5.41, 5.74) is 6.44. The Bertz CT molecular complexity index is 455. The average molecular weight is 248 g/mol. The Kier molecular flexibility index (Phi) is 3.19. The Hall–Kier alpha value is -1.55. The topological polar surface area (TPSA) is 33.3 Å². The van der Waals surface area contributed by atoms with Crippen LogP contribution in [0.2, 0.25) is 0 Å². The van der Waals surface area contributed by atoms with Crippen molar-refractivity contribution in [3.8, 4) is 5.75 Å². The molecule has 96 valence electrons. The number of ether oxygens (including phenoxy) is 1. The number of hydrogen-bond donors (Lipinski definition) is 2. The van der Waals surface area contributed by atoms with E-state index in [1.165, 1.54) is 18.9 Å². The van der Waals surface area contributed by atoms with E-state index in [4.69, 9.17) is 4.74 Å². The summed E-state index contributed by atoms with van der Waals surface area (Å²) in [6.07, 6.45) is 8.52. The van der Waals surface area contributed by atoms with Gasteiger partial charge in [0.25, 0.3) is 0 Å². The lowest BCUT2D eigenvalue weighted by Gasteiger charge is -2.15. The van der Waals surface area contributed by atoms with E-state index in [1.54, 1.807) is 12.3 Å². The van der Waals surface area contributed by atoms with Gasteiger partial charge in [0, 0.05) is 17.8 Å². The van der Waals surface area contributed by atoms with Gasteiger partial charge in [-0.15, -0.1) is 0 Å². The van der Waals surface area contributed by atoms with Gasteiger partial charge in [0.05, 0.1) is 12.1 Å². The predicted molar refractivity (Wildman–Crippen MR) is 67.4 cm³/mol. The summed E-state index contributed by atoms with van der Waals surface area (Å²) in [6.45, 7) is 0. The van der Waals surface area contributed by atoms with Gasteiger partial charge in [0.15, 0.2) is 0 Å². The Morgan fingerprint density at radius 1 is 1.22 bits per heavy atom. The van der Waals surface area contributed by atoms with Crippen molar-refractivity contribution >= 4 is 0 Å². The van der Waals surface area contributed by atoms with Crippen molar-refractivity contribution < 1.29 is 9.13 Å². The first-order valence-electron chi connectivity index (χ1n) is 6.47. The lowest BCUT2D eigenvalue weighted by Crippen LogP contribution is -2.24. The van der Waals surface area contributed by atoms with Gasteiger partial charge in [-0.25, -0.2) is 9.82 Å². The minimum absolute atomic E-state index is 0.106. The Labute approximate surface area is 106 Å². The molecule has 0 saturated heterocycles. The predicted octanol–water partition coefficient (Wildman–Crippen LogP) is 2.81. The summed E-state index contributed by atoms with van der Waals surface area (Å²) in [4.78, 5) is 0. The Balaban J connectivity index is 1.73. The van der Waals surface area contributed by atoms with Gasteiger partial charge in [-0.1, -0.05) is 6.07 Å². The van der Waals surface area contributed by atoms with E-state index in [0.717, 1.165) is 12.8 Å². The summed E-state index contributed by atoms with van der Waals surface area (Å²) >= 11 is 0. The summed E-state index contributed by atoms with van der Waals surface area (Å²) in [5, 5.41) is 0. The van der Waals surface area contributed by atoms with Crippen LogP contribution in [0.4, 0.5) is 4.39 Å². The molecule has 1 atom stereocenters. The number of nitrogens with one attached hydrogen (secondary N) is 2. The molecule has 0 radical (unpaired) electrons. The highest BCUT2D eigenvalue weighted by atomic mass is 19.1. The molecule has 0 spiro atoms. The number of hydrazine groups is 1. The lowest BCUT2D eigenvalue weighted by molar-refractivity contribution is 0.209. The number of halogens is 1. The second kappa shape index (κ2) is 4.98. The molecule has 1 aliphatic heterocycles. The summed E-state index contributed by atoms with van der Waals surface area (Å²) in [7, 11) is 0. The first kappa shape index (κ1) is 11.5. The van der Waals surface area contributed by atoms with E-state index in [2.05, 4.69) is 10.9 Å². The molecule has 0 aromatic heterocycles. The minimum Gasteiger partial charge on any atom is -0.490 e. The number of hydrogen-bond acceptors (Lipinski definition) is 3. The second-order valence-electron chi connectivity index (χ2n) is 4.83. The molecule has 2 N–H and O–H groups in total.